The van der Waals surface area contributed by atoms with E-state index in [9.17, 15) is 4.79 Å². The van der Waals surface area contributed by atoms with Crippen molar-refractivity contribution in [2.75, 3.05) is 5.32 Å². The molecule has 2 aromatic heterocycles. The number of para-hydroxylation sites is 1. The molecule has 1 amide bonds. The van der Waals surface area contributed by atoms with Crippen molar-refractivity contribution in [3.63, 3.8) is 0 Å². The van der Waals surface area contributed by atoms with Gasteiger partial charge in [0.2, 0.25) is 0 Å². The van der Waals surface area contributed by atoms with E-state index in [1.54, 1.807) is 35.0 Å². The van der Waals surface area contributed by atoms with Crippen LogP contribution in [-0.2, 0) is 0 Å². The molecule has 0 spiro atoms. The zero-order valence-corrected chi connectivity index (χ0v) is 17.6. The minimum Gasteiger partial charge on any atom is -0.454 e. The maximum absolute atomic E-state index is 12.5. The molecular formula is C24H15Cl2N3O2. The van der Waals surface area contributed by atoms with Gasteiger partial charge in [0.15, 0.2) is 5.76 Å². The molecule has 5 rings (SSSR count). The number of rotatable bonds is 4. The molecule has 0 bridgehead atoms. The predicted molar refractivity (Wildman–Crippen MR) is 123 cm³/mol. The van der Waals surface area contributed by atoms with Crippen molar-refractivity contribution in [3.8, 4) is 17.1 Å². The molecule has 2 heterocycles. The lowest BCUT2D eigenvalue weighted by Gasteiger charge is -2.07. The van der Waals surface area contributed by atoms with E-state index in [2.05, 4.69) is 10.4 Å². The second-order valence-electron chi connectivity index (χ2n) is 6.92. The van der Waals surface area contributed by atoms with Gasteiger partial charge in [0.1, 0.15) is 11.3 Å². The van der Waals surface area contributed by atoms with E-state index in [4.69, 9.17) is 27.6 Å². The summed E-state index contributed by atoms with van der Waals surface area (Å²) >= 11 is 11.9. The van der Waals surface area contributed by atoms with Crippen molar-refractivity contribution in [3.05, 3.63) is 101 Å². The molecule has 5 nitrogen and oxygen atoms in total. The fourth-order valence-corrected chi connectivity index (χ4v) is 3.55. The average Bonchev–Trinajstić information content (AvgIpc) is 3.43. The number of nitrogens with one attached hydrogen (secondary N) is 1. The maximum Gasteiger partial charge on any atom is 0.255 e. The van der Waals surface area contributed by atoms with E-state index in [1.807, 2.05) is 54.7 Å². The highest BCUT2D eigenvalue weighted by Gasteiger charge is 2.11. The molecule has 0 unspecified atom stereocenters. The van der Waals surface area contributed by atoms with Crippen molar-refractivity contribution < 1.29 is 9.21 Å². The van der Waals surface area contributed by atoms with Gasteiger partial charge in [0.05, 0.1) is 15.7 Å². The third-order valence-electron chi connectivity index (χ3n) is 4.84. The average molecular weight is 448 g/mol. The third-order valence-corrected chi connectivity index (χ3v) is 5.58. The summed E-state index contributed by atoms with van der Waals surface area (Å²) in [5.74, 6) is 0.464. The SMILES string of the molecule is O=C(Nc1ccc(Cl)c(Cl)c1)c1ccc(-n2ccc(-c3cc4ccccc4o3)n2)cc1. The van der Waals surface area contributed by atoms with Crippen LogP contribution in [0.2, 0.25) is 10.0 Å². The Bertz CT molecular complexity index is 1370. The van der Waals surface area contributed by atoms with Crippen LogP contribution in [0, 0.1) is 0 Å². The molecule has 0 saturated carbocycles. The largest absolute Gasteiger partial charge is 0.454 e. The van der Waals surface area contributed by atoms with Crippen LogP contribution < -0.4 is 5.32 Å². The topological polar surface area (TPSA) is 60.1 Å². The number of carbonyl (C=O) groups is 1. The number of aromatic nitrogens is 2. The third kappa shape index (κ3) is 3.93. The fourth-order valence-electron chi connectivity index (χ4n) is 3.25. The first-order chi connectivity index (χ1) is 15.1. The van der Waals surface area contributed by atoms with Crippen LogP contribution in [0.5, 0.6) is 0 Å². The lowest BCUT2D eigenvalue weighted by Crippen LogP contribution is -2.12. The highest BCUT2D eigenvalue weighted by molar-refractivity contribution is 6.42. The van der Waals surface area contributed by atoms with Crippen molar-refractivity contribution in [2.45, 2.75) is 0 Å². The Hall–Kier alpha value is -3.54. The lowest BCUT2D eigenvalue weighted by atomic mass is 10.2. The molecule has 31 heavy (non-hydrogen) atoms. The Kier molecular flexibility index (Phi) is 4.98. The van der Waals surface area contributed by atoms with Gasteiger partial charge in [-0.15, -0.1) is 0 Å². The summed E-state index contributed by atoms with van der Waals surface area (Å²) in [4.78, 5) is 12.5. The molecule has 5 aromatic rings. The van der Waals surface area contributed by atoms with Crippen LogP contribution in [0.25, 0.3) is 28.1 Å². The first-order valence-electron chi connectivity index (χ1n) is 9.48. The Morgan fingerprint density at radius 3 is 2.48 bits per heavy atom. The number of fused-ring (bicyclic) bond motifs is 1. The Morgan fingerprint density at radius 1 is 0.903 bits per heavy atom. The molecule has 0 aliphatic carbocycles. The summed E-state index contributed by atoms with van der Waals surface area (Å²) in [5, 5.41) is 9.26. The highest BCUT2D eigenvalue weighted by atomic mass is 35.5. The van der Waals surface area contributed by atoms with E-state index in [1.165, 1.54) is 0 Å². The van der Waals surface area contributed by atoms with Gasteiger partial charge in [-0.05, 0) is 60.7 Å². The van der Waals surface area contributed by atoms with Gasteiger partial charge in [0.25, 0.3) is 5.91 Å². The minimum atomic E-state index is -0.242. The Morgan fingerprint density at radius 2 is 1.71 bits per heavy atom. The van der Waals surface area contributed by atoms with E-state index in [0.29, 0.717) is 27.1 Å². The zero-order chi connectivity index (χ0) is 21.4. The molecule has 1 N–H and O–H groups in total. The van der Waals surface area contributed by atoms with Gasteiger partial charge < -0.3 is 9.73 Å². The van der Waals surface area contributed by atoms with E-state index < -0.39 is 0 Å². The van der Waals surface area contributed by atoms with E-state index >= 15 is 0 Å². The van der Waals surface area contributed by atoms with Gasteiger partial charge in [-0.1, -0.05) is 41.4 Å². The lowest BCUT2D eigenvalue weighted by molar-refractivity contribution is 0.102. The standard InChI is InChI=1S/C24H15Cl2N3O2/c25-19-10-7-17(14-20(19)26)27-24(30)15-5-8-18(9-6-15)29-12-11-21(28-29)23-13-16-3-1-2-4-22(16)31-23/h1-14H,(H,27,30). The van der Waals surface area contributed by atoms with Crippen LogP contribution in [0.4, 0.5) is 5.69 Å². The van der Waals surface area contributed by atoms with Crippen LogP contribution in [0.3, 0.4) is 0 Å². The van der Waals surface area contributed by atoms with Gasteiger partial charge in [-0.3, -0.25) is 4.79 Å². The van der Waals surface area contributed by atoms with Crippen molar-refractivity contribution in [2.24, 2.45) is 0 Å². The van der Waals surface area contributed by atoms with Crippen LogP contribution in [-0.4, -0.2) is 15.7 Å². The molecule has 0 saturated heterocycles. The molecule has 152 valence electrons. The van der Waals surface area contributed by atoms with Crippen molar-refractivity contribution in [1.29, 1.82) is 0 Å². The number of benzene rings is 3. The van der Waals surface area contributed by atoms with Crippen molar-refractivity contribution >= 4 is 45.8 Å². The summed E-state index contributed by atoms with van der Waals surface area (Å²) in [6.07, 6.45) is 1.85. The first kappa shape index (κ1) is 19.4. The molecule has 0 aliphatic heterocycles. The summed E-state index contributed by atoms with van der Waals surface area (Å²) in [6, 6.07) is 23.8. The number of nitrogens with zero attached hydrogens (tertiary/aromatic N) is 2. The second kappa shape index (κ2) is 7.95. The normalized spacial score (nSPS) is 11.0. The number of furan rings is 1. The first-order valence-corrected chi connectivity index (χ1v) is 10.2. The number of carbonyl (C=O) groups excluding carboxylic acids is 1. The molecular weight excluding hydrogens is 433 g/mol. The van der Waals surface area contributed by atoms with Crippen molar-refractivity contribution in [1.82, 2.24) is 9.78 Å². The van der Waals surface area contributed by atoms with E-state index in [-0.39, 0.29) is 5.91 Å². The molecule has 0 aliphatic rings. The monoisotopic (exact) mass is 447 g/mol. The van der Waals surface area contributed by atoms with Crippen LogP contribution in [0.15, 0.2) is 89.5 Å². The number of hydrogen-bond donors (Lipinski definition) is 1. The number of hydrogen-bond acceptors (Lipinski definition) is 3. The van der Waals surface area contributed by atoms with E-state index in [0.717, 1.165) is 22.4 Å². The Balaban J connectivity index is 1.34. The summed E-state index contributed by atoms with van der Waals surface area (Å²) in [6.45, 7) is 0. The van der Waals surface area contributed by atoms with Gasteiger partial charge in [0, 0.05) is 22.8 Å². The van der Waals surface area contributed by atoms with Gasteiger partial charge in [-0.2, -0.15) is 5.10 Å². The quantitative estimate of drug-likeness (QED) is 0.327. The van der Waals surface area contributed by atoms with Crippen LogP contribution >= 0.6 is 23.2 Å². The molecule has 0 fully saturated rings. The summed E-state index contributed by atoms with van der Waals surface area (Å²) in [7, 11) is 0. The predicted octanol–water partition coefficient (Wildman–Crippen LogP) is 6.84. The van der Waals surface area contributed by atoms with Gasteiger partial charge >= 0.3 is 0 Å². The molecule has 0 radical (unpaired) electrons. The number of anilines is 1. The Labute approximate surface area is 187 Å². The van der Waals surface area contributed by atoms with Crippen LogP contribution in [0.1, 0.15) is 10.4 Å². The zero-order valence-electron chi connectivity index (χ0n) is 16.0. The number of halogens is 2. The smallest absolute Gasteiger partial charge is 0.255 e. The summed E-state index contributed by atoms with van der Waals surface area (Å²) in [5.41, 5.74) is 3.47. The van der Waals surface area contributed by atoms with Gasteiger partial charge in [-0.25, -0.2) is 4.68 Å². The molecule has 0 atom stereocenters. The molecule has 3 aromatic carbocycles. The molecule has 7 heteroatoms. The second-order valence-corrected chi connectivity index (χ2v) is 7.74. The number of amides is 1. The highest BCUT2D eigenvalue weighted by Crippen LogP contribution is 2.27. The minimum absolute atomic E-state index is 0.242. The maximum atomic E-state index is 12.5. The summed E-state index contributed by atoms with van der Waals surface area (Å²) < 4.78 is 7.62. The fraction of sp³-hybridized carbons (Fsp3) is 0.